The molecule has 2 amide bonds. The van der Waals surface area contributed by atoms with Gasteiger partial charge in [-0.2, -0.15) is 0 Å². The lowest BCUT2D eigenvalue weighted by Gasteiger charge is -2.31. The van der Waals surface area contributed by atoms with Gasteiger partial charge >= 0.3 is 5.69 Å². The highest BCUT2D eigenvalue weighted by molar-refractivity contribution is 6.76. The maximum Gasteiger partial charge on any atom is 0.329 e. The first-order valence-corrected chi connectivity index (χ1v) is 13.1. The van der Waals surface area contributed by atoms with Crippen molar-refractivity contribution in [1.29, 1.82) is 0 Å². The van der Waals surface area contributed by atoms with Crippen LogP contribution in [0.2, 0.25) is 25.7 Å². The van der Waals surface area contributed by atoms with Crippen LogP contribution in [0.3, 0.4) is 0 Å². The Bertz CT molecular complexity index is 972. The number of aryl methyl sites for hydroxylation is 1. The minimum atomic E-state index is -1.27. The van der Waals surface area contributed by atoms with Gasteiger partial charge in [-0.05, 0) is 24.6 Å². The second kappa shape index (κ2) is 7.55. The Morgan fingerprint density at radius 3 is 2.61 bits per heavy atom. The van der Waals surface area contributed by atoms with E-state index in [2.05, 4.69) is 19.6 Å². The number of amides is 2. The van der Waals surface area contributed by atoms with E-state index in [0.29, 0.717) is 17.6 Å². The van der Waals surface area contributed by atoms with Crippen molar-refractivity contribution in [3.05, 3.63) is 28.7 Å². The number of imide groups is 1. The quantitative estimate of drug-likeness (QED) is 0.451. The predicted molar refractivity (Wildman–Crippen MR) is 108 cm³/mol. The number of rotatable bonds is 6. The Morgan fingerprint density at radius 2 is 1.93 bits per heavy atom. The first kappa shape index (κ1) is 20.3. The van der Waals surface area contributed by atoms with Gasteiger partial charge in [0.25, 0.3) is 5.91 Å². The summed E-state index contributed by atoms with van der Waals surface area (Å²) in [5.74, 6) is -0.755. The average Bonchev–Trinajstić information content (AvgIpc) is 2.86. The molecule has 3 rings (SSSR count). The molecule has 1 aromatic carbocycles. The maximum absolute atomic E-state index is 13.0. The number of fused-ring (bicyclic) bond motifs is 1. The molecule has 1 fully saturated rings. The normalized spacial score (nSPS) is 18.3. The highest BCUT2D eigenvalue weighted by Crippen LogP contribution is 2.29. The summed E-state index contributed by atoms with van der Waals surface area (Å²) in [6.07, 6.45) is 0.410. The number of hydrogen-bond acceptors (Lipinski definition) is 5. The number of piperidine rings is 1. The zero-order valence-electron chi connectivity index (χ0n) is 16.8. The van der Waals surface area contributed by atoms with Gasteiger partial charge in [-0.25, -0.2) is 4.79 Å². The fourth-order valence-corrected chi connectivity index (χ4v) is 4.21. The Labute approximate surface area is 164 Å². The Balaban J connectivity index is 1.86. The van der Waals surface area contributed by atoms with E-state index in [4.69, 9.17) is 4.74 Å². The van der Waals surface area contributed by atoms with Crippen LogP contribution in [0, 0.1) is 0 Å². The molecule has 0 aliphatic carbocycles. The Hall–Kier alpha value is -2.39. The number of ether oxygens (including phenoxy) is 1. The molecular formula is C19H27N3O5Si. The SMILES string of the molecule is Cn1c(=O)n(C2CCC(=O)N(COCC[Si](C)(C)C)C2=O)c2cccc(O)c21. The molecule has 1 unspecified atom stereocenters. The molecule has 1 N–H and O–H groups in total. The minimum Gasteiger partial charge on any atom is -0.506 e. The van der Waals surface area contributed by atoms with E-state index in [-0.39, 0.29) is 31.2 Å². The number of phenolic OH excluding ortho intramolecular Hbond substituents is 1. The number of aromatic nitrogens is 2. The van der Waals surface area contributed by atoms with Crippen LogP contribution < -0.4 is 5.69 Å². The molecule has 1 atom stereocenters. The van der Waals surface area contributed by atoms with Crippen molar-refractivity contribution in [2.24, 2.45) is 7.05 Å². The molecule has 9 heteroatoms. The third-order valence-corrected chi connectivity index (χ3v) is 6.80. The maximum atomic E-state index is 13.0. The molecular weight excluding hydrogens is 378 g/mol. The van der Waals surface area contributed by atoms with Gasteiger partial charge in [0.1, 0.15) is 24.0 Å². The van der Waals surface area contributed by atoms with E-state index in [1.807, 2.05) is 0 Å². The molecule has 2 heterocycles. The number of aromatic hydroxyl groups is 1. The number of likely N-dealkylation sites (tertiary alicyclic amines) is 1. The summed E-state index contributed by atoms with van der Waals surface area (Å²) in [5.41, 5.74) is 0.443. The van der Waals surface area contributed by atoms with Crippen molar-refractivity contribution in [2.45, 2.75) is 44.6 Å². The molecule has 1 saturated heterocycles. The van der Waals surface area contributed by atoms with Crippen LogP contribution in [0.5, 0.6) is 5.75 Å². The number of nitrogens with zero attached hydrogens (tertiary/aromatic N) is 3. The van der Waals surface area contributed by atoms with Crippen LogP contribution in [-0.2, 0) is 21.4 Å². The van der Waals surface area contributed by atoms with Crippen molar-refractivity contribution >= 4 is 30.9 Å². The fraction of sp³-hybridized carbons (Fsp3) is 0.526. The Kier molecular flexibility index (Phi) is 5.49. The van der Waals surface area contributed by atoms with Crippen LogP contribution >= 0.6 is 0 Å². The number of phenols is 1. The highest BCUT2D eigenvalue weighted by atomic mass is 28.3. The second-order valence-electron chi connectivity index (χ2n) is 8.42. The lowest BCUT2D eigenvalue weighted by molar-refractivity contribution is -0.157. The summed E-state index contributed by atoms with van der Waals surface area (Å²) >= 11 is 0. The van der Waals surface area contributed by atoms with Crippen LogP contribution in [0.25, 0.3) is 11.0 Å². The minimum absolute atomic E-state index is 0.0262. The van der Waals surface area contributed by atoms with Gasteiger partial charge in [0.15, 0.2) is 0 Å². The molecule has 8 nitrogen and oxygen atoms in total. The summed E-state index contributed by atoms with van der Waals surface area (Å²) in [5, 5.41) is 10.1. The molecule has 0 spiro atoms. The van der Waals surface area contributed by atoms with Gasteiger partial charge in [0, 0.05) is 28.1 Å². The van der Waals surface area contributed by atoms with E-state index < -0.39 is 25.7 Å². The van der Waals surface area contributed by atoms with Gasteiger partial charge in [0.2, 0.25) is 5.91 Å². The molecule has 1 aliphatic rings. The van der Waals surface area contributed by atoms with Crippen molar-refractivity contribution < 1.29 is 19.4 Å². The van der Waals surface area contributed by atoms with Gasteiger partial charge in [-0.15, -0.1) is 0 Å². The standard InChI is InChI=1S/C19H27N3O5Si/c1-20-17-13(6-5-7-15(17)23)22(19(20)26)14-8-9-16(24)21(18(14)25)12-27-10-11-28(2,3)4/h5-7,14,23H,8-12H2,1-4H3. The van der Waals surface area contributed by atoms with Gasteiger partial charge in [-0.3, -0.25) is 23.6 Å². The average molecular weight is 406 g/mol. The summed E-state index contributed by atoms with van der Waals surface area (Å²) < 4.78 is 8.30. The lowest BCUT2D eigenvalue weighted by Crippen LogP contribution is -2.48. The monoisotopic (exact) mass is 405 g/mol. The van der Waals surface area contributed by atoms with Gasteiger partial charge in [0.05, 0.1) is 5.52 Å². The first-order valence-electron chi connectivity index (χ1n) is 9.42. The van der Waals surface area contributed by atoms with Crippen LogP contribution in [0.15, 0.2) is 23.0 Å². The largest absolute Gasteiger partial charge is 0.506 e. The third-order valence-electron chi connectivity index (χ3n) is 5.09. The van der Waals surface area contributed by atoms with E-state index in [0.717, 1.165) is 10.9 Å². The summed E-state index contributed by atoms with van der Waals surface area (Å²) in [4.78, 5) is 39.2. The summed E-state index contributed by atoms with van der Waals surface area (Å²) in [7, 11) is 0.282. The number of benzene rings is 1. The number of imidazole rings is 1. The van der Waals surface area contributed by atoms with Crippen molar-refractivity contribution in [3.63, 3.8) is 0 Å². The molecule has 0 saturated carbocycles. The summed E-state index contributed by atoms with van der Waals surface area (Å²) in [6, 6.07) is 4.96. The van der Waals surface area contributed by atoms with Crippen molar-refractivity contribution in [1.82, 2.24) is 14.0 Å². The number of para-hydroxylation sites is 1. The molecule has 28 heavy (non-hydrogen) atoms. The van der Waals surface area contributed by atoms with E-state index >= 15 is 0 Å². The smallest absolute Gasteiger partial charge is 0.329 e. The molecule has 2 aromatic rings. The second-order valence-corrected chi connectivity index (χ2v) is 14.0. The molecule has 1 aliphatic heterocycles. The van der Waals surface area contributed by atoms with E-state index in [1.165, 1.54) is 15.2 Å². The van der Waals surface area contributed by atoms with Crippen molar-refractivity contribution in [3.8, 4) is 5.75 Å². The highest BCUT2D eigenvalue weighted by Gasteiger charge is 2.37. The molecule has 1 aromatic heterocycles. The molecule has 0 radical (unpaired) electrons. The predicted octanol–water partition coefficient (Wildman–Crippen LogP) is 2.05. The third kappa shape index (κ3) is 3.77. The van der Waals surface area contributed by atoms with E-state index in [9.17, 15) is 19.5 Å². The fourth-order valence-electron chi connectivity index (χ4n) is 3.45. The molecule has 152 valence electrons. The topological polar surface area (TPSA) is 93.8 Å². The van der Waals surface area contributed by atoms with Crippen LogP contribution in [-0.4, -0.2) is 52.4 Å². The van der Waals surface area contributed by atoms with Gasteiger partial charge < -0.3 is 9.84 Å². The molecule has 0 bridgehead atoms. The van der Waals surface area contributed by atoms with Gasteiger partial charge in [-0.1, -0.05) is 25.7 Å². The first-order chi connectivity index (χ1) is 13.1. The zero-order valence-corrected chi connectivity index (χ0v) is 17.8. The summed E-state index contributed by atoms with van der Waals surface area (Å²) in [6.45, 7) is 7.09. The van der Waals surface area contributed by atoms with Crippen LogP contribution in [0.1, 0.15) is 18.9 Å². The number of carbonyl (C=O) groups excluding carboxylic acids is 2. The van der Waals surface area contributed by atoms with Crippen molar-refractivity contribution in [2.75, 3.05) is 13.3 Å². The zero-order chi connectivity index (χ0) is 20.6. The van der Waals surface area contributed by atoms with Crippen LogP contribution in [0.4, 0.5) is 0 Å². The lowest BCUT2D eigenvalue weighted by atomic mass is 10.0. The Morgan fingerprint density at radius 1 is 1.21 bits per heavy atom. The van der Waals surface area contributed by atoms with E-state index in [1.54, 1.807) is 19.2 Å². The number of carbonyl (C=O) groups is 2. The number of hydrogen-bond donors (Lipinski definition) is 1.